The highest BCUT2D eigenvalue weighted by atomic mass is 31.2. The van der Waals surface area contributed by atoms with Crippen LogP contribution in [0.2, 0.25) is 0 Å². The van der Waals surface area contributed by atoms with Crippen LogP contribution in [0.4, 0.5) is 0 Å². The Bertz CT molecular complexity index is 372. The van der Waals surface area contributed by atoms with Crippen LogP contribution in [0.3, 0.4) is 0 Å². The van der Waals surface area contributed by atoms with Crippen LogP contribution in [-0.2, 0) is 14.2 Å². The largest absolute Gasteiger partial charge is 0.303 e. The van der Waals surface area contributed by atoms with Gasteiger partial charge in [-0.05, 0) is 32.0 Å². The molecule has 0 saturated carbocycles. The van der Waals surface area contributed by atoms with Crippen molar-refractivity contribution in [2.75, 3.05) is 0 Å². The first-order valence-electron chi connectivity index (χ1n) is 6.38. The summed E-state index contributed by atoms with van der Waals surface area (Å²) in [6.07, 6.45) is 3.83. The van der Waals surface area contributed by atoms with Gasteiger partial charge >= 0.3 is 0 Å². The zero-order valence-corrected chi connectivity index (χ0v) is 12.5. The van der Waals surface area contributed by atoms with Crippen molar-refractivity contribution in [3.05, 3.63) is 24.0 Å². The summed E-state index contributed by atoms with van der Waals surface area (Å²) in [5.41, 5.74) is -0.0547. The summed E-state index contributed by atoms with van der Waals surface area (Å²) >= 11 is 0. The van der Waals surface area contributed by atoms with Gasteiger partial charge in [0.15, 0.2) is 0 Å². The normalized spacial score (nSPS) is 12.3. The summed E-state index contributed by atoms with van der Waals surface area (Å²) < 4.78 is 12.7. The van der Waals surface area contributed by atoms with Crippen LogP contribution in [0.5, 0.6) is 0 Å². The third kappa shape index (κ3) is 4.73. The van der Waals surface area contributed by atoms with Crippen molar-refractivity contribution >= 4 is 18.2 Å². The van der Waals surface area contributed by atoms with Crippen LogP contribution in [0, 0.1) is 0 Å². The molecule has 0 fully saturated rings. The van der Waals surface area contributed by atoms with Gasteiger partial charge in [0.1, 0.15) is 0 Å². The molecule has 0 aromatic heterocycles. The van der Waals surface area contributed by atoms with Crippen LogP contribution in [0.1, 0.15) is 52.9 Å². The number of allylic oxidation sites excluding steroid dienone is 2. The molecule has 0 aromatic carbocycles. The maximum atomic E-state index is 12.7. The average Bonchev–Trinajstić information content (AvgIpc) is 2.29. The predicted octanol–water partition coefficient (Wildman–Crippen LogP) is 4.48. The quantitative estimate of drug-likeness (QED) is 0.458. The molecule has 0 bridgehead atoms. The summed E-state index contributed by atoms with van der Waals surface area (Å²) in [4.78, 5) is 23.9. The molecule has 0 saturated heterocycles. The SMILES string of the molecule is C=CC/C(C)=C/P(=O)(C(=O)CCC)C(=O)CCC. The second-order valence-electron chi connectivity index (χ2n) is 4.41. The maximum absolute atomic E-state index is 12.7. The van der Waals surface area contributed by atoms with E-state index in [0.29, 0.717) is 19.3 Å². The van der Waals surface area contributed by atoms with Gasteiger partial charge in [-0.3, -0.25) is 9.59 Å². The van der Waals surface area contributed by atoms with Crippen molar-refractivity contribution in [2.24, 2.45) is 0 Å². The molecule has 0 amide bonds. The molecule has 18 heavy (non-hydrogen) atoms. The van der Waals surface area contributed by atoms with Crippen molar-refractivity contribution < 1.29 is 14.2 Å². The van der Waals surface area contributed by atoms with Gasteiger partial charge in [0.25, 0.3) is 0 Å². The first-order chi connectivity index (χ1) is 8.42. The Balaban J connectivity index is 5.34. The second kappa shape index (κ2) is 8.20. The van der Waals surface area contributed by atoms with E-state index in [0.717, 1.165) is 5.57 Å². The summed E-state index contributed by atoms with van der Waals surface area (Å²) in [6.45, 7) is 9.04. The van der Waals surface area contributed by atoms with Gasteiger partial charge in [-0.2, -0.15) is 0 Å². The average molecular weight is 270 g/mol. The number of rotatable bonds is 9. The van der Waals surface area contributed by atoms with Crippen molar-refractivity contribution in [3.63, 3.8) is 0 Å². The second-order valence-corrected chi connectivity index (χ2v) is 6.99. The number of hydrogen-bond donors (Lipinski definition) is 0. The summed E-state index contributed by atoms with van der Waals surface area (Å²) in [7, 11) is -3.51. The van der Waals surface area contributed by atoms with E-state index in [1.54, 1.807) is 13.0 Å². The van der Waals surface area contributed by atoms with E-state index in [1.807, 2.05) is 13.8 Å². The smallest absolute Gasteiger partial charge is 0.232 e. The molecule has 0 heterocycles. The highest BCUT2D eigenvalue weighted by Crippen LogP contribution is 2.52. The highest BCUT2D eigenvalue weighted by molar-refractivity contribution is 7.96. The molecule has 3 nitrogen and oxygen atoms in total. The van der Waals surface area contributed by atoms with E-state index in [9.17, 15) is 14.2 Å². The number of carbonyl (C=O) groups is 2. The van der Waals surface area contributed by atoms with E-state index in [4.69, 9.17) is 0 Å². The summed E-state index contributed by atoms with van der Waals surface area (Å²) in [5, 5.41) is 0. The molecule has 102 valence electrons. The zero-order chi connectivity index (χ0) is 14.2. The van der Waals surface area contributed by atoms with Crippen LogP contribution >= 0.6 is 7.14 Å². The molecule has 0 aliphatic carbocycles. The Morgan fingerprint density at radius 3 is 1.89 bits per heavy atom. The predicted molar refractivity (Wildman–Crippen MR) is 76.0 cm³/mol. The Labute approximate surface area is 110 Å². The molecule has 4 heteroatoms. The molecule has 0 N–H and O–H groups in total. The maximum Gasteiger partial charge on any atom is 0.232 e. The van der Waals surface area contributed by atoms with Crippen molar-refractivity contribution in [1.82, 2.24) is 0 Å². The molecule has 0 atom stereocenters. The van der Waals surface area contributed by atoms with Gasteiger partial charge < -0.3 is 4.57 Å². The summed E-state index contributed by atoms with van der Waals surface area (Å²) in [5.74, 6) is 1.39. The molecular formula is C14H23O3P. The molecule has 0 aromatic rings. The van der Waals surface area contributed by atoms with Crippen LogP contribution < -0.4 is 0 Å². The first kappa shape index (κ1) is 17.1. The highest BCUT2D eigenvalue weighted by Gasteiger charge is 2.35. The topological polar surface area (TPSA) is 51.2 Å². The van der Waals surface area contributed by atoms with Crippen LogP contribution in [0.15, 0.2) is 24.0 Å². The van der Waals surface area contributed by atoms with Gasteiger partial charge in [-0.1, -0.05) is 25.5 Å². The molecule has 0 radical (unpaired) electrons. The fourth-order valence-electron chi connectivity index (χ4n) is 1.63. The Morgan fingerprint density at radius 1 is 1.11 bits per heavy atom. The zero-order valence-electron chi connectivity index (χ0n) is 11.6. The van der Waals surface area contributed by atoms with Gasteiger partial charge in [0, 0.05) is 12.8 Å². The van der Waals surface area contributed by atoms with Gasteiger partial charge in [0.05, 0.1) is 0 Å². The van der Waals surface area contributed by atoms with E-state index in [-0.39, 0.29) is 12.8 Å². The Kier molecular flexibility index (Phi) is 7.77. The lowest BCUT2D eigenvalue weighted by Crippen LogP contribution is -2.08. The van der Waals surface area contributed by atoms with E-state index in [1.165, 1.54) is 5.82 Å². The van der Waals surface area contributed by atoms with Crippen LogP contribution in [-0.4, -0.2) is 11.0 Å². The lowest BCUT2D eigenvalue weighted by Gasteiger charge is -2.12. The molecule has 0 aliphatic rings. The van der Waals surface area contributed by atoms with E-state index >= 15 is 0 Å². The molecule has 0 unspecified atom stereocenters. The molecule has 0 rings (SSSR count). The van der Waals surface area contributed by atoms with Gasteiger partial charge in [-0.25, -0.2) is 0 Å². The van der Waals surface area contributed by atoms with Gasteiger partial charge in [-0.15, -0.1) is 6.58 Å². The number of carbonyl (C=O) groups excluding carboxylic acids is 2. The van der Waals surface area contributed by atoms with Crippen LogP contribution in [0.25, 0.3) is 0 Å². The minimum atomic E-state index is -3.51. The van der Waals surface area contributed by atoms with E-state index in [2.05, 4.69) is 6.58 Å². The standard InChI is InChI=1S/C14H23O3P/c1-5-8-12(4)11-18(17,13(15)9-6-2)14(16)10-7-3/h5,11H,1,6-10H2,2-4H3/b12-11+. The van der Waals surface area contributed by atoms with Gasteiger partial charge in [0.2, 0.25) is 18.2 Å². The lowest BCUT2D eigenvalue weighted by atomic mass is 10.2. The third-order valence-electron chi connectivity index (χ3n) is 2.54. The minimum Gasteiger partial charge on any atom is -0.303 e. The number of hydrogen-bond acceptors (Lipinski definition) is 3. The fraction of sp³-hybridized carbons (Fsp3) is 0.571. The molecule has 0 aliphatic heterocycles. The fourth-order valence-corrected chi connectivity index (χ4v) is 4.04. The van der Waals surface area contributed by atoms with E-state index < -0.39 is 18.2 Å². The minimum absolute atomic E-state index is 0.199. The summed E-state index contributed by atoms with van der Waals surface area (Å²) in [6, 6.07) is 0. The van der Waals surface area contributed by atoms with Crippen molar-refractivity contribution in [2.45, 2.75) is 52.9 Å². The van der Waals surface area contributed by atoms with Crippen molar-refractivity contribution in [1.29, 1.82) is 0 Å². The first-order valence-corrected chi connectivity index (χ1v) is 8.15. The van der Waals surface area contributed by atoms with Crippen molar-refractivity contribution in [3.8, 4) is 0 Å². The molecular weight excluding hydrogens is 247 g/mol. The Morgan fingerprint density at radius 2 is 1.56 bits per heavy atom. The monoisotopic (exact) mass is 270 g/mol. The Hall–Kier alpha value is -0.950. The third-order valence-corrected chi connectivity index (χ3v) is 5.27. The lowest BCUT2D eigenvalue weighted by molar-refractivity contribution is -0.114. The molecule has 0 spiro atoms.